The third-order valence-corrected chi connectivity index (χ3v) is 14.0. The number of carbonyl (C=O) groups excluding carboxylic acids is 5. The maximum Gasteiger partial charge on any atom is 0.410 e. The zero-order valence-electron chi connectivity index (χ0n) is 40.4. The second-order valence-electron chi connectivity index (χ2n) is 18.9. The Morgan fingerprint density at radius 3 is 2.30 bits per heavy atom. The summed E-state index contributed by atoms with van der Waals surface area (Å²) in [6.45, 7) is 12.4. The molecule has 3 aliphatic heterocycles. The number of amides is 1. The molecule has 3 aliphatic rings. The lowest BCUT2D eigenvalue weighted by atomic mass is 9.73. The minimum Gasteiger partial charge on any atom is -0.459 e. The molecule has 0 aliphatic carbocycles. The number of fused-ring (bicyclic) bond motifs is 1. The predicted molar refractivity (Wildman–Crippen MR) is 243 cm³/mol. The van der Waals surface area contributed by atoms with Crippen molar-refractivity contribution in [3.63, 3.8) is 0 Å². The Morgan fingerprint density at radius 2 is 1.64 bits per heavy atom. The number of benzene rings is 1. The normalized spacial score (nSPS) is 33.2. The highest BCUT2D eigenvalue weighted by Gasteiger charge is 2.60. The van der Waals surface area contributed by atoms with Gasteiger partial charge in [0.2, 0.25) is 0 Å². The van der Waals surface area contributed by atoms with Crippen LogP contribution in [0.5, 0.6) is 0 Å². The Hall–Kier alpha value is -5.14. The molecule has 0 unspecified atom stereocenters. The van der Waals surface area contributed by atoms with Crippen LogP contribution in [0, 0.1) is 23.7 Å². The first-order valence-corrected chi connectivity index (χ1v) is 23.3. The molecule has 3 aromatic rings. The number of unbranched alkanes of at least 4 members (excludes halogenated alkanes) is 1. The summed E-state index contributed by atoms with van der Waals surface area (Å²) >= 11 is 0. The van der Waals surface area contributed by atoms with Gasteiger partial charge in [0.15, 0.2) is 17.7 Å². The fourth-order valence-corrected chi connectivity index (χ4v) is 10.1. The number of Topliss-reactive ketones (excluding diaryl/α,β-unsaturated/α-hetero) is 2. The number of carbonyl (C=O) groups is 5. The van der Waals surface area contributed by atoms with Crippen LogP contribution in [-0.4, -0.2) is 153 Å². The van der Waals surface area contributed by atoms with E-state index in [1.54, 1.807) is 102 Å². The molecule has 18 heteroatoms. The van der Waals surface area contributed by atoms with E-state index in [0.29, 0.717) is 42.8 Å². The fraction of sp³-hybridized carbons (Fsp3) is 0.633. The number of hydrogen-bond acceptors (Lipinski definition) is 16. The van der Waals surface area contributed by atoms with Gasteiger partial charge in [0.1, 0.15) is 36.2 Å². The number of aryl methyl sites for hydroxylation is 1. The van der Waals surface area contributed by atoms with Crippen LogP contribution in [0.1, 0.15) is 90.9 Å². The maximum atomic E-state index is 14.9. The number of ketones is 2. The first-order chi connectivity index (χ1) is 31.8. The van der Waals surface area contributed by atoms with Crippen LogP contribution in [0.3, 0.4) is 0 Å². The van der Waals surface area contributed by atoms with Gasteiger partial charge in [0, 0.05) is 50.2 Å². The minimum atomic E-state index is -1.46. The SMILES string of the molecule is CC[C@H]1OC(=O)[C@H](C)C(=O)[C@H](C)[C@@H](O[C@@H]2O[C@H](COC(=O)c3ccccc3)C[C@H](N(C)C)[C@H]2O)[C@@](C)(OC)C[C@@H](C)C(=O)[C@H](C)[C@H]2N(CCCCn3cc(-c4ccccn4)nn3)C(=O)O[C@]12C. The average Bonchev–Trinajstić information content (AvgIpc) is 3.90. The molecule has 2 aromatic heterocycles. The summed E-state index contributed by atoms with van der Waals surface area (Å²) < 4.78 is 39.0. The van der Waals surface area contributed by atoms with Crippen molar-refractivity contribution in [2.45, 2.75) is 141 Å². The van der Waals surface area contributed by atoms with E-state index in [1.807, 2.05) is 29.3 Å². The van der Waals surface area contributed by atoms with Gasteiger partial charge in [-0.3, -0.25) is 24.0 Å². The number of pyridine rings is 1. The standard InChI is InChI=1S/C49H68N6O12/c1-11-38-49(7)42(55(47(61)67-49)24-18-17-23-54-27-36(51-52-54)35-21-15-16-22-50-35)30(3)39(56)29(2)26-48(6,62-10)43(31(4)40(57)32(5)44(59)65-38)66-46-41(58)37(53(8)9)25-34(64-46)28-63-45(60)33-19-13-12-14-20-33/h12-16,19-22,27,29-32,34,37-38,41-43,46,58H,11,17-18,23-26,28H2,1-10H3/t29-,30+,31+,32-,34+,37+,38-,41-,42-,43-,46+,48+,49-/m1/s1. The van der Waals surface area contributed by atoms with Crippen LogP contribution >= 0.6 is 0 Å². The largest absolute Gasteiger partial charge is 0.459 e. The van der Waals surface area contributed by atoms with E-state index in [1.165, 1.54) is 14.0 Å². The number of rotatable bonds is 14. The quantitative estimate of drug-likeness (QED) is 0.0958. The number of aliphatic hydroxyl groups is 1. The summed E-state index contributed by atoms with van der Waals surface area (Å²) in [6, 6.07) is 12.7. The second kappa shape index (κ2) is 21.9. The van der Waals surface area contributed by atoms with Gasteiger partial charge in [-0.1, -0.05) is 57.2 Å². The maximum absolute atomic E-state index is 14.9. The van der Waals surface area contributed by atoms with Gasteiger partial charge in [-0.2, -0.15) is 0 Å². The van der Waals surface area contributed by atoms with Crippen LogP contribution in [0.15, 0.2) is 60.9 Å². The molecule has 0 spiro atoms. The topological polar surface area (TPSA) is 211 Å². The molecular weight excluding hydrogens is 865 g/mol. The fourth-order valence-electron chi connectivity index (χ4n) is 10.1. The molecule has 13 atom stereocenters. The molecule has 0 saturated carbocycles. The van der Waals surface area contributed by atoms with E-state index in [2.05, 4.69) is 15.3 Å². The molecular formula is C49H68N6O12. The highest BCUT2D eigenvalue weighted by atomic mass is 16.7. The van der Waals surface area contributed by atoms with Crippen LogP contribution in [-0.2, 0) is 49.3 Å². The van der Waals surface area contributed by atoms with E-state index >= 15 is 0 Å². The van der Waals surface area contributed by atoms with Crippen LogP contribution in [0.25, 0.3) is 11.4 Å². The van der Waals surface area contributed by atoms with Crippen molar-refractivity contribution in [3.8, 4) is 11.4 Å². The zero-order valence-corrected chi connectivity index (χ0v) is 40.4. The number of esters is 2. The van der Waals surface area contributed by atoms with Crippen molar-refractivity contribution >= 4 is 29.6 Å². The van der Waals surface area contributed by atoms with Crippen LogP contribution in [0.4, 0.5) is 4.79 Å². The number of ether oxygens (including phenoxy) is 6. The summed E-state index contributed by atoms with van der Waals surface area (Å²) in [4.78, 5) is 78.2. The number of likely N-dealkylation sites (N-methyl/N-ethyl adjacent to an activating group) is 1. The highest BCUT2D eigenvalue weighted by Crippen LogP contribution is 2.43. The Bertz CT molecular complexity index is 2180. The Labute approximate surface area is 392 Å². The molecule has 0 bridgehead atoms. The van der Waals surface area contributed by atoms with Crippen molar-refractivity contribution in [2.24, 2.45) is 23.7 Å². The van der Waals surface area contributed by atoms with Gasteiger partial charge in [0.25, 0.3) is 0 Å². The van der Waals surface area contributed by atoms with E-state index in [4.69, 9.17) is 28.4 Å². The van der Waals surface area contributed by atoms with Gasteiger partial charge < -0.3 is 43.3 Å². The molecule has 366 valence electrons. The molecule has 1 aromatic carbocycles. The number of nitrogens with zero attached hydrogens (tertiary/aromatic N) is 6. The molecule has 0 radical (unpaired) electrons. The van der Waals surface area contributed by atoms with E-state index in [0.717, 1.165) is 0 Å². The number of aliphatic hydroxyl groups excluding tert-OH is 1. The van der Waals surface area contributed by atoms with Gasteiger partial charge >= 0.3 is 18.0 Å². The van der Waals surface area contributed by atoms with Crippen molar-refractivity contribution in [2.75, 3.05) is 34.4 Å². The first kappa shape index (κ1) is 51.3. The monoisotopic (exact) mass is 932 g/mol. The van der Waals surface area contributed by atoms with Gasteiger partial charge in [-0.15, -0.1) is 5.10 Å². The third-order valence-electron chi connectivity index (χ3n) is 14.0. The van der Waals surface area contributed by atoms with E-state index < -0.39 is 101 Å². The minimum absolute atomic E-state index is 0.0413. The zero-order chi connectivity index (χ0) is 48.8. The highest BCUT2D eigenvalue weighted by molar-refractivity contribution is 6.00. The molecule has 3 saturated heterocycles. The Morgan fingerprint density at radius 1 is 0.940 bits per heavy atom. The molecule has 1 N–H and O–H groups in total. The molecule has 67 heavy (non-hydrogen) atoms. The number of methoxy groups -OCH3 is 1. The summed E-state index contributed by atoms with van der Waals surface area (Å²) in [5.74, 6) is -6.04. The Kier molecular flexibility index (Phi) is 16.7. The lowest BCUT2D eigenvalue weighted by Gasteiger charge is -2.47. The Balaban J connectivity index is 1.26. The molecule has 5 heterocycles. The summed E-state index contributed by atoms with van der Waals surface area (Å²) in [6.07, 6.45) is -0.950. The summed E-state index contributed by atoms with van der Waals surface area (Å²) in [7, 11) is 5.05. The summed E-state index contributed by atoms with van der Waals surface area (Å²) in [5.41, 5.74) is -1.14. The van der Waals surface area contributed by atoms with E-state index in [-0.39, 0.29) is 31.8 Å². The van der Waals surface area contributed by atoms with Crippen molar-refractivity contribution in [1.82, 2.24) is 29.8 Å². The van der Waals surface area contributed by atoms with Crippen molar-refractivity contribution in [3.05, 3.63) is 66.5 Å². The lowest BCUT2D eigenvalue weighted by Crippen LogP contribution is -2.60. The number of cyclic esters (lactones) is 1. The van der Waals surface area contributed by atoms with Gasteiger partial charge in [-0.25, -0.2) is 9.59 Å². The van der Waals surface area contributed by atoms with Crippen molar-refractivity contribution < 1.29 is 57.5 Å². The molecule has 3 fully saturated rings. The number of aromatic nitrogens is 4. The van der Waals surface area contributed by atoms with Crippen LogP contribution < -0.4 is 0 Å². The van der Waals surface area contributed by atoms with Crippen LogP contribution in [0.2, 0.25) is 0 Å². The average molecular weight is 933 g/mol. The molecule has 1 amide bonds. The van der Waals surface area contributed by atoms with Gasteiger partial charge in [0.05, 0.1) is 41.3 Å². The van der Waals surface area contributed by atoms with Crippen molar-refractivity contribution in [1.29, 1.82) is 0 Å². The first-order valence-electron chi connectivity index (χ1n) is 23.3. The lowest BCUT2D eigenvalue weighted by molar-refractivity contribution is -0.300. The third kappa shape index (κ3) is 11.3. The predicted octanol–water partition coefficient (Wildman–Crippen LogP) is 5.16. The smallest absolute Gasteiger partial charge is 0.410 e. The van der Waals surface area contributed by atoms with E-state index in [9.17, 15) is 29.1 Å². The summed E-state index contributed by atoms with van der Waals surface area (Å²) in [5, 5.41) is 20.3. The molecule has 18 nitrogen and oxygen atoms in total. The van der Waals surface area contributed by atoms with Gasteiger partial charge in [-0.05, 0) is 91.2 Å². The number of hydrogen-bond donors (Lipinski definition) is 1. The molecule has 6 rings (SSSR count). The second-order valence-corrected chi connectivity index (χ2v) is 18.9.